The van der Waals surface area contributed by atoms with Gasteiger partial charge in [0.15, 0.2) is 5.54 Å². The number of carboxylic acids is 1. The Morgan fingerprint density at radius 3 is 2.29 bits per heavy atom. The molecule has 0 radical (unpaired) electrons. The molecule has 2 rings (SSSR count). The Morgan fingerprint density at radius 2 is 1.76 bits per heavy atom. The summed E-state index contributed by atoms with van der Waals surface area (Å²) in [5.41, 5.74) is -1.59. The van der Waals surface area contributed by atoms with Gasteiger partial charge in [-0.2, -0.15) is 0 Å². The fourth-order valence-electron chi connectivity index (χ4n) is 3.01. The highest BCUT2D eigenvalue weighted by Gasteiger charge is 2.48. The predicted octanol–water partition coefficient (Wildman–Crippen LogP) is -0.348. The lowest BCUT2D eigenvalue weighted by molar-refractivity contribution is -0.157. The maximum Gasteiger partial charge on any atom is 0.408 e. The first-order chi connectivity index (χ1) is 9.86. The second-order valence-corrected chi connectivity index (χ2v) is 5.80. The van der Waals surface area contributed by atoms with E-state index in [0.717, 1.165) is 30.8 Å². The van der Waals surface area contributed by atoms with Gasteiger partial charge in [0.25, 0.3) is 0 Å². The Balaban J connectivity index is 2.12. The van der Waals surface area contributed by atoms with E-state index in [2.05, 4.69) is 5.32 Å². The van der Waals surface area contributed by atoms with Crippen LogP contribution in [0.2, 0.25) is 0 Å². The lowest BCUT2D eigenvalue weighted by Gasteiger charge is -2.45. The van der Waals surface area contributed by atoms with Gasteiger partial charge in [0, 0.05) is 19.0 Å². The second kappa shape index (κ2) is 5.88. The van der Waals surface area contributed by atoms with Gasteiger partial charge in [-0.05, 0) is 32.9 Å². The maximum absolute atomic E-state index is 12.5. The average molecular weight is 299 g/mol. The molecule has 8 nitrogen and oxygen atoms in total. The molecule has 2 amide bonds. The molecule has 2 fully saturated rings. The third-order valence-electron chi connectivity index (χ3n) is 4.38. The highest BCUT2D eigenvalue weighted by atomic mass is 16.4. The van der Waals surface area contributed by atoms with Crippen LogP contribution in [0.15, 0.2) is 0 Å². The molecule has 0 aliphatic carbocycles. The van der Waals surface area contributed by atoms with Crippen LogP contribution in [0, 0.1) is 5.92 Å². The predicted molar refractivity (Wildman–Crippen MR) is 72.9 cm³/mol. The molecule has 0 spiro atoms. The number of rotatable bonds is 2. The van der Waals surface area contributed by atoms with E-state index in [1.54, 1.807) is 0 Å². The van der Waals surface area contributed by atoms with Crippen molar-refractivity contribution in [2.24, 2.45) is 5.92 Å². The summed E-state index contributed by atoms with van der Waals surface area (Å²) in [6, 6.07) is 0. The van der Waals surface area contributed by atoms with Crippen molar-refractivity contribution >= 4 is 18.0 Å². The smallest absolute Gasteiger partial charge is 0.408 e. The molecule has 0 aromatic carbocycles. The summed E-state index contributed by atoms with van der Waals surface area (Å²) in [4.78, 5) is 37.6. The van der Waals surface area contributed by atoms with Crippen LogP contribution in [0.4, 0.5) is 4.79 Å². The quantitative estimate of drug-likeness (QED) is 0.643. The molecule has 0 aromatic rings. The highest BCUT2D eigenvalue weighted by molar-refractivity contribution is 5.86. The molecular formula is C13H21N3O5. The van der Waals surface area contributed by atoms with Crippen LogP contribution in [-0.2, 0) is 9.59 Å². The minimum absolute atomic E-state index is 0.0227. The molecule has 2 aliphatic rings. The molecule has 0 saturated carbocycles. The molecular weight excluding hydrogens is 278 g/mol. The number of carboxylic acid groups (broad SMARTS) is 2. The van der Waals surface area contributed by atoms with Gasteiger partial charge in [-0.3, -0.25) is 9.69 Å². The van der Waals surface area contributed by atoms with Crippen molar-refractivity contribution in [1.29, 1.82) is 0 Å². The Morgan fingerprint density at radius 1 is 1.14 bits per heavy atom. The molecule has 2 saturated heterocycles. The number of amides is 2. The molecule has 2 aliphatic heterocycles. The lowest BCUT2D eigenvalue weighted by Crippen LogP contribution is -2.67. The standard InChI is InChI=1S/C13H21N3O5/c1-13(11(18)19)8-15(6-7-16(13)12(20)21)10(17)9-2-4-14-5-3-9/h9,14H,2-8H2,1H3,(H,18,19)(H,20,21). The van der Waals surface area contributed by atoms with Crippen LogP contribution in [0.25, 0.3) is 0 Å². The van der Waals surface area contributed by atoms with Crippen molar-refractivity contribution in [3.63, 3.8) is 0 Å². The Kier molecular flexibility index (Phi) is 4.36. The summed E-state index contributed by atoms with van der Waals surface area (Å²) in [5, 5.41) is 21.7. The fourth-order valence-corrected chi connectivity index (χ4v) is 3.01. The van der Waals surface area contributed by atoms with Gasteiger partial charge >= 0.3 is 12.1 Å². The SMILES string of the molecule is CC1(C(=O)O)CN(C(=O)C2CCNCC2)CCN1C(=O)O. The van der Waals surface area contributed by atoms with Gasteiger partial charge in [-0.15, -0.1) is 0 Å². The van der Waals surface area contributed by atoms with Crippen LogP contribution in [0.1, 0.15) is 19.8 Å². The minimum Gasteiger partial charge on any atom is -0.479 e. The van der Waals surface area contributed by atoms with Gasteiger partial charge < -0.3 is 20.4 Å². The van der Waals surface area contributed by atoms with Crippen molar-refractivity contribution in [1.82, 2.24) is 15.1 Å². The van der Waals surface area contributed by atoms with Gasteiger partial charge in [-0.1, -0.05) is 0 Å². The summed E-state index contributed by atoms with van der Waals surface area (Å²) in [5.74, 6) is -1.39. The Labute approximate surface area is 122 Å². The van der Waals surface area contributed by atoms with Crippen LogP contribution < -0.4 is 5.32 Å². The summed E-state index contributed by atoms with van der Waals surface area (Å²) in [6.07, 6.45) is 0.206. The molecule has 8 heteroatoms. The van der Waals surface area contributed by atoms with Gasteiger partial charge in [0.1, 0.15) is 0 Å². The molecule has 21 heavy (non-hydrogen) atoms. The number of hydrogen-bond acceptors (Lipinski definition) is 4. The summed E-state index contributed by atoms with van der Waals surface area (Å²) in [6.45, 7) is 3.08. The number of nitrogens with zero attached hydrogens (tertiary/aromatic N) is 2. The first-order valence-corrected chi connectivity index (χ1v) is 7.09. The molecule has 0 bridgehead atoms. The van der Waals surface area contributed by atoms with Gasteiger partial charge in [-0.25, -0.2) is 9.59 Å². The molecule has 3 N–H and O–H groups in total. The number of piperidine rings is 1. The Bertz CT molecular complexity index is 449. The zero-order valence-corrected chi connectivity index (χ0v) is 12.0. The Hall–Kier alpha value is -1.83. The van der Waals surface area contributed by atoms with Gasteiger partial charge in [0.05, 0.1) is 6.54 Å². The van der Waals surface area contributed by atoms with Crippen LogP contribution in [-0.4, -0.2) is 76.2 Å². The van der Waals surface area contributed by atoms with E-state index in [-0.39, 0.29) is 31.5 Å². The van der Waals surface area contributed by atoms with E-state index in [0.29, 0.717) is 0 Å². The lowest BCUT2D eigenvalue weighted by atomic mass is 9.92. The zero-order chi connectivity index (χ0) is 15.6. The van der Waals surface area contributed by atoms with E-state index >= 15 is 0 Å². The third-order valence-corrected chi connectivity index (χ3v) is 4.38. The molecule has 0 aromatic heterocycles. The van der Waals surface area contributed by atoms with Crippen molar-refractivity contribution in [2.45, 2.75) is 25.3 Å². The van der Waals surface area contributed by atoms with E-state index in [1.165, 1.54) is 11.8 Å². The number of hydrogen-bond donors (Lipinski definition) is 3. The number of piperazine rings is 1. The minimum atomic E-state index is -1.59. The number of carbonyl (C=O) groups is 3. The second-order valence-electron chi connectivity index (χ2n) is 5.80. The summed E-state index contributed by atoms with van der Waals surface area (Å²) >= 11 is 0. The highest BCUT2D eigenvalue weighted by Crippen LogP contribution is 2.25. The largest absolute Gasteiger partial charge is 0.479 e. The normalized spacial score (nSPS) is 27.5. The average Bonchev–Trinajstić information content (AvgIpc) is 2.46. The number of nitrogens with one attached hydrogen (secondary N) is 1. The van der Waals surface area contributed by atoms with Crippen molar-refractivity contribution in [3.05, 3.63) is 0 Å². The molecule has 1 atom stereocenters. The van der Waals surface area contributed by atoms with E-state index in [1.807, 2.05) is 0 Å². The maximum atomic E-state index is 12.5. The van der Waals surface area contributed by atoms with Crippen LogP contribution in [0.3, 0.4) is 0 Å². The zero-order valence-electron chi connectivity index (χ0n) is 12.0. The van der Waals surface area contributed by atoms with Crippen molar-refractivity contribution in [2.75, 3.05) is 32.7 Å². The molecule has 2 heterocycles. The first kappa shape index (κ1) is 15.6. The van der Waals surface area contributed by atoms with E-state index < -0.39 is 17.6 Å². The number of carbonyl (C=O) groups excluding carboxylic acids is 1. The molecule has 118 valence electrons. The van der Waals surface area contributed by atoms with E-state index in [4.69, 9.17) is 5.11 Å². The summed E-state index contributed by atoms with van der Waals surface area (Å²) < 4.78 is 0. The van der Waals surface area contributed by atoms with E-state index in [9.17, 15) is 19.5 Å². The summed E-state index contributed by atoms with van der Waals surface area (Å²) in [7, 11) is 0. The van der Waals surface area contributed by atoms with Crippen molar-refractivity contribution < 1.29 is 24.6 Å². The first-order valence-electron chi connectivity index (χ1n) is 7.09. The van der Waals surface area contributed by atoms with Gasteiger partial charge in [0.2, 0.25) is 5.91 Å². The molecule has 1 unspecified atom stereocenters. The monoisotopic (exact) mass is 299 g/mol. The van der Waals surface area contributed by atoms with Crippen molar-refractivity contribution in [3.8, 4) is 0 Å². The topological polar surface area (TPSA) is 110 Å². The fraction of sp³-hybridized carbons (Fsp3) is 0.769. The van der Waals surface area contributed by atoms with Crippen LogP contribution >= 0.6 is 0 Å². The third kappa shape index (κ3) is 2.94. The number of aliphatic carboxylic acids is 1. The van der Waals surface area contributed by atoms with Crippen LogP contribution in [0.5, 0.6) is 0 Å².